The molecule has 1 saturated heterocycles. The molecule has 9 heteroatoms. The molecule has 0 aliphatic carbocycles. The predicted molar refractivity (Wildman–Crippen MR) is 125 cm³/mol. The average Bonchev–Trinajstić information content (AvgIpc) is 3.21. The molecule has 0 amide bonds. The summed E-state index contributed by atoms with van der Waals surface area (Å²) in [6.45, 7) is 7.68. The summed E-state index contributed by atoms with van der Waals surface area (Å²) in [6, 6.07) is 3.93. The lowest BCUT2D eigenvalue weighted by molar-refractivity contribution is 0.0424. The molecule has 2 aliphatic heterocycles. The molecule has 1 atom stereocenters. The summed E-state index contributed by atoms with van der Waals surface area (Å²) in [7, 11) is 0. The van der Waals surface area contributed by atoms with E-state index in [1.54, 1.807) is 0 Å². The van der Waals surface area contributed by atoms with E-state index in [0.717, 1.165) is 69.4 Å². The number of nitrogens with one attached hydrogen (secondary N) is 2. The van der Waals surface area contributed by atoms with Gasteiger partial charge < -0.3 is 29.6 Å². The van der Waals surface area contributed by atoms with Gasteiger partial charge in [-0.1, -0.05) is 11.6 Å². The molecule has 0 aromatic heterocycles. The summed E-state index contributed by atoms with van der Waals surface area (Å²) in [5.74, 6) is 2.18. The summed E-state index contributed by atoms with van der Waals surface area (Å²) in [4.78, 5) is 4.61. The number of rotatable bonds is 9. The van der Waals surface area contributed by atoms with Gasteiger partial charge in [-0.25, -0.2) is 0 Å². The fraction of sp³-hybridized carbons (Fsp3) is 0.650. The minimum absolute atomic E-state index is 0. The number of halogens is 2. The van der Waals surface area contributed by atoms with Crippen molar-refractivity contribution < 1.29 is 18.9 Å². The number of nitrogens with zero attached hydrogens (tertiary/aromatic N) is 1. The third kappa shape index (κ3) is 7.99. The molecule has 1 aromatic carbocycles. The van der Waals surface area contributed by atoms with Crippen LogP contribution in [0.1, 0.15) is 25.3 Å². The summed E-state index contributed by atoms with van der Waals surface area (Å²) >= 11 is 6.30. The van der Waals surface area contributed by atoms with Gasteiger partial charge in [0.1, 0.15) is 13.2 Å². The summed E-state index contributed by atoms with van der Waals surface area (Å²) in [6.07, 6.45) is 2.96. The maximum absolute atomic E-state index is 6.30. The van der Waals surface area contributed by atoms with E-state index in [-0.39, 0.29) is 30.1 Å². The summed E-state index contributed by atoms with van der Waals surface area (Å²) in [5.41, 5.74) is 1.10. The van der Waals surface area contributed by atoms with Crippen molar-refractivity contribution >= 4 is 41.5 Å². The van der Waals surface area contributed by atoms with Crippen LogP contribution in [-0.4, -0.2) is 64.7 Å². The van der Waals surface area contributed by atoms with E-state index in [9.17, 15) is 0 Å². The molecule has 1 unspecified atom stereocenters. The molecular formula is C20H31ClIN3O4. The van der Waals surface area contributed by atoms with Gasteiger partial charge in [-0.2, -0.15) is 0 Å². The minimum Gasteiger partial charge on any atom is -0.486 e. The average molecular weight is 540 g/mol. The Morgan fingerprint density at radius 1 is 1.24 bits per heavy atom. The van der Waals surface area contributed by atoms with Crippen molar-refractivity contribution in [3.05, 3.63) is 22.7 Å². The van der Waals surface area contributed by atoms with Crippen molar-refractivity contribution in [2.24, 2.45) is 4.99 Å². The number of hydrogen-bond donors (Lipinski definition) is 2. The number of aliphatic imine (C=N–C) groups is 1. The number of ether oxygens (including phenoxy) is 4. The Labute approximate surface area is 194 Å². The zero-order valence-corrected chi connectivity index (χ0v) is 20.0. The first-order valence-electron chi connectivity index (χ1n) is 10.1. The Hall–Kier alpha value is -0.970. The number of benzene rings is 1. The van der Waals surface area contributed by atoms with Crippen LogP contribution < -0.4 is 20.1 Å². The Morgan fingerprint density at radius 2 is 2.10 bits per heavy atom. The second kappa shape index (κ2) is 13.4. The van der Waals surface area contributed by atoms with Gasteiger partial charge in [-0.15, -0.1) is 24.0 Å². The van der Waals surface area contributed by atoms with Gasteiger partial charge >= 0.3 is 0 Å². The molecule has 3 rings (SSSR count). The fourth-order valence-corrected chi connectivity index (χ4v) is 3.41. The molecule has 0 radical (unpaired) electrons. The first kappa shape index (κ1) is 24.3. The van der Waals surface area contributed by atoms with Gasteiger partial charge in [-0.05, 0) is 43.9 Å². The maximum atomic E-state index is 6.30. The number of guanidine groups is 1. The van der Waals surface area contributed by atoms with Crippen LogP contribution >= 0.6 is 35.6 Å². The Balaban J connectivity index is 0.00000300. The summed E-state index contributed by atoms with van der Waals surface area (Å²) in [5, 5.41) is 7.23. The van der Waals surface area contributed by atoms with Crippen molar-refractivity contribution in [3.8, 4) is 11.5 Å². The van der Waals surface area contributed by atoms with E-state index in [0.29, 0.717) is 30.6 Å². The van der Waals surface area contributed by atoms with Crippen LogP contribution in [0.5, 0.6) is 11.5 Å². The second-order valence-electron chi connectivity index (χ2n) is 6.75. The molecule has 0 spiro atoms. The molecule has 7 nitrogen and oxygen atoms in total. The lowest BCUT2D eigenvalue weighted by atomic mass is 10.1. The van der Waals surface area contributed by atoms with Crippen molar-refractivity contribution in [2.75, 3.05) is 52.7 Å². The molecule has 2 aliphatic rings. The van der Waals surface area contributed by atoms with Crippen LogP contribution in [0.3, 0.4) is 0 Å². The first-order valence-corrected chi connectivity index (χ1v) is 10.4. The highest BCUT2D eigenvalue weighted by Gasteiger charge is 2.17. The van der Waals surface area contributed by atoms with Crippen LogP contribution in [0.15, 0.2) is 17.1 Å². The number of fused-ring (bicyclic) bond motifs is 1. The second-order valence-corrected chi connectivity index (χ2v) is 7.16. The Kier molecular flexibility index (Phi) is 11.2. The monoisotopic (exact) mass is 539 g/mol. The largest absolute Gasteiger partial charge is 0.486 e. The zero-order chi connectivity index (χ0) is 19.6. The molecule has 0 bridgehead atoms. The SMILES string of the molecule is CCNC(=NCCCOC1CCOC1)NCCc1cc(Cl)c2c(c1)OCCO2.I. The zero-order valence-electron chi connectivity index (χ0n) is 16.9. The van der Waals surface area contributed by atoms with Gasteiger partial charge in [-0.3, -0.25) is 4.99 Å². The van der Waals surface area contributed by atoms with Crippen molar-refractivity contribution in [2.45, 2.75) is 32.3 Å². The quantitative estimate of drug-likeness (QED) is 0.218. The van der Waals surface area contributed by atoms with Gasteiger partial charge in [0, 0.05) is 32.8 Å². The highest BCUT2D eigenvalue weighted by Crippen LogP contribution is 2.38. The van der Waals surface area contributed by atoms with E-state index in [4.69, 9.17) is 30.5 Å². The van der Waals surface area contributed by atoms with Gasteiger partial charge in [0.05, 0.1) is 17.7 Å². The molecule has 2 N–H and O–H groups in total. The normalized spacial score (nSPS) is 18.3. The van der Waals surface area contributed by atoms with Crippen LogP contribution in [-0.2, 0) is 15.9 Å². The van der Waals surface area contributed by atoms with Crippen LogP contribution in [0.2, 0.25) is 5.02 Å². The van der Waals surface area contributed by atoms with E-state index >= 15 is 0 Å². The maximum Gasteiger partial charge on any atom is 0.191 e. The van der Waals surface area contributed by atoms with Crippen molar-refractivity contribution in [1.82, 2.24) is 10.6 Å². The van der Waals surface area contributed by atoms with Crippen molar-refractivity contribution in [3.63, 3.8) is 0 Å². The third-order valence-electron chi connectivity index (χ3n) is 4.52. The molecule has 164 valence electrons. The molecule has 1 fully saturated rings. The lowest BCUT2D eigenvalue weighted by Gasteiger charge is -2.20. The smallest absolute Gasteiger partial charge is 0.191 e. The molecule has 1 aromatic rings. The lowest BCUT2D eigenvalue weighted by Crippen LogP contribution is -2.38. The standard InChI is InChI=1S/C20H30ClN3O4.HI/c1-2-22-20(23-6-3-8-26-16-5-9-25-14-16)24-7-4-15-12-17(21)19-18(13-15)27-10-11-28-19;/h12-13,16H,2-11,14H2,1H3,(H2,22,23,24);1H. The topological polar surface area (TPSA) is 73.3 Å². The third-order valence-corrected chi connectivity index (χ3v) is 4.80. The molecule has 29 heavy (non-hydrogen) atoms. The number of hydrogen-bond acceptors (Lipinski definition) is 5. The fourth-order valence-electron chi connectivity index (χ4n) is 3.13. The van der Waals surface area contributed by atoms with Gasteiger partial charge in [0.25, 0.3) is 0 Å². The molecule has 0 saturated carbocycles. The van der Waals surface area contributed by atoms with Gasteiger partial charge in [0.2, 0.25) is 0 Å². The predicted octanol–water partition coefficient (Wildman–Crippen LogP) is 3.02. The van der Waals surface area contributed by atoms with Gasteiger partial charge in [0.15, 0.2) is 17.5 Å². The Bertz CT molecular complexity index is 657. The van der Waals surface area contributed by atoms with E-state index in [1.807, 2.05) is 12.1 Å². The van der Waals surface area contributed by atoms with Crippen molar-refractivity contribution in [1.29, 1.82) is 0 Å². The van der Waals surface area contributed by atoms with Crippen LogP contribution in [0.4, 0.5) is 0 Å². The highest BCUT2D eigenvalue weighted by molar-refractivity contribution is 14.0. The molecular weight excluding hydrogens is 509 g/mol. The summed E-state index contributed by atoms with van der Waals surface area (Å²) < 4.78 is 22.3. The van der Waals surface area contributed by atoms with E-state index in [2.05, 4.69) is 22.5 Å². The minimum atomic E-state index is 0. The highest BCUT2D eigenvalue weighted by atomic mass is 127. The van der Waals surface area contributed by atoms with Crippen LogP contribution in [0, 0.1) is 0 Å². The Morgan fingerprint density at radius 3 is 2.90 bits per heavy atom. The van der Waals surface area contributed by atoms with E-state index < -0.39 is 0 Å². The molecule has 2 heterocycles. The van der Waals surface area contributed by atoms with Crippen LogP contribution in [0.25, 0.3) is 0 Å². The first-order chi connectivity index (χ1) is 13.8. The van der Waals surface area contributed by atoms with E-state index in [1.165, 1.54) is 0 Å².